The van der Waals surface area contributed by atoms with Crippen LogP contribution < -0.4 is 11.1 Å². The SMILES string of the molecule is CCC(C)(NC(=O)CC(N)CC(C)(C)C)C(=O)O. The summed E-state index contributed by atoms with van der Waals surface area (Å²) in [4.78, 5) is 22.8. The second kappa shape index (κ2) is 6.18. The first-order chi connectivity index (χ1) is 8.00. The Morgan fingerprint density at radius 3 is 2.11 bits per heavy atom. The van der Waals surface area contributed by atoms with Gasteiger partial charge < -0.3 is 16.2 Å². The van der Waals surface area contributed by atoms with Gasteiger partial charge in [-0.15, -0.1) is 0 Å². The Kier molecular flexibility index (Phi) is 5.80. The molecular weight excluding hydrogens is 232 g/mol. The highest BCUT2D eigenvalue weighted by Gasteiger charge is 2.33. The molecule has 106 valence electrons. The van der Waals surface area contributed by atoms with Crippen molar-refractivity contribution in [1.82, 2.24) is 5.32 Å². The molecule has 0 saturated carbocycles. The van der Waals surface area contributed by atoms with Gasteiger partial charge in [0.25, 0.3) is 0 Å². The summed E-state index contributed by atoms with van der Waals surface area (Å²) in [6.45, 7) is 9.39. The van der Waals surface area contributed by atoms with E-state index in [-0.39, 0.29) is 23.8 Å². The van der Waals surface area contributed by atoms with Crippen LogP contribution in [0.25, 0.3) is 0 Å². The van der Waals surface area contributed by atoms with Crippen molar-refractivity contribution in [2.75, 3.05) is 0 Å². The van der Waals surface area contributed by atoms with Crippen molar-refractivity contribution in [2.24, 2.45) is 11.1 Å². The minimum absolute atomic E-state index is 0.0561. The molecule has 0 aliphatic heterocycles. The maximum absolute atomic E-state index is 11.8. The van der Waals surface area contributed by atoms with E-state index >= 15 is 0 Å². The molecule has 0 heterocycles. The standard InChI is InChI=1S/C13H26N2O3/c1-6-13(5,11(17)18)15-10(16)7-9(14)8-12(2,3)4/h9H,6-8,14H2,1-5H3,(H,15,16)(H,17,18). The zero-order valence-corrected chi connectivity index (χ0v) is 12.0. The molecule has 5 heteroatoms. The van der Waals surface area contributed by atoms with E-state index in [1.165, 1.54) is 6.92 Å². The van der Waals surface area contributed by atoms with Gasteiger partial charge in [-0.1, -0.05) is 27.7 Å². The lowest BCUT2D eigenvalue weighted by atomic mass is 9.87. The van der Waals surface area contributed by atoms with Gasteiger partial charge in [-0.2, -0.15) is 0 Å². The van der Waals surface area contributed by atoms with Gasteiger partial charge in [-0.3, -0.25) is 4.79 Å². The van der Waals surface area contributed by atoms with E-state index in [2.05, 4.69) is 26.1 Å². The van der Waals surface area contributed by atoms with Crippen molar-refractivity contribution in [3.8, 4) is 0 Å². The number of hydrogen-bond donors (Lipinski definition) is 3. The van der Waals surface area contributed by atoms with Crippen molar-refractivity contribution in [3.05, 3.63) is 0 Å². The molecule has 0 spiro atoms. The molecule has 0 saturated heterocycles. The summed E-state index contributed by atoms with van der Waals surface area (Å²) in [5.74, 6) is -1.33. The van der Waals surface area contributed by atoms with E-state index in [0.717, 1.165) is 6.42 Å². The number of carbonyl (C=O) groups excluding carboxylic acids is 1. The number of carboxylic acids is 1. The van der Waals surface area contributed by atoms with E-state index < -0.39 is 11.5 Å². The second-order valence-corrected chi connectivity index (χ2v) is 6.27. The smallest absolute Gasteiger partial charge is 0.329 e. The largest absolute Gasteiger partial charge is 0.480 e. The quantitative estimate of drug-likeness (QED) is 0.673. The number of rotatable bonds is 6. The van der Waals surface area contributed by atoms with E-state index in [1.807, 2.05) is 0 Å². The Morgan fingerprint density at radius 1 is 1.28 bits per heavy atom. The lowest BCUT2D eigenvalue weighted by molar-refractivity contribution is -0.147. The fraction of sp³-hybridized carbons (Fsp3) is 0.846. The molecule has 0 bridgehead atoms. The average molecular weight is 258 g/mol. The number of carbonyl (C=O) groups is 2. The maximum Gasteiger partial charge on any atom is 0.329 e. The second-order valence-electron chi connectivity index (χ2n) is 6.27. The molecule has 0 aromatic rings. The molecule has 1 amide bonds. The Hall–Kier alpha value is -1.10. The fourth-order valence-corrected chi connectivity index (χ4v) is 1.75. The highest BCUT2D eigenvalue weighted by atomic mass is 16.4. The Morgan fingerprint density at radius 2 is 1.78 bits per heavy atom. The van der Waals surface area contributed by atoms with Crippen LogP contribution in [0.15, 0.2) is 0 Å². The molecular formula is C13H26N2O3. The van der Waals surface area contributed by atoms with E-state index in [1.54, 1.807) is 6.92 Å². The third kappa shape index (κ3) is 6.00. The van der Waals surface area contributed by atoms with E-state index in [4.69, 9.17) is 10.8 Å². The number of carboxylic acid groups (broad SMARTS) is 1. The molecule has 0 fully saturated rings. The Labute approximate surface area is 109 Å². The van der Waals surface area contributed by atoms with Gasteiger partial charge in [-0.25, -0.2) is 4.79 Å². The predicted molar refractivity (Wildman–Crippen MR) is 71.1 cm³/mol. The summed E-state index contributed by atoms with van der Waals surface area (Å²) in [5, 5.41) is 11.6. The Balaban J connectivity index is 4.39. The first-order valence-corrected chi connectivity index (χ1v) is 6.30. The molecule has 0 aliphatic rings. The molecule has 0 aromatic carbocycles. The number of hydrogen-bond acceptors (Lipinski definition) is 3. The highest BCUT2D eigenvalue weighted by Crippen LogP contribution is 2.21. The van der Waals surface area contributed by atoms with Crippen LogP contribution in [0.3, 0.4) is 0 Å². The van der Waals surface area contributed by atoms with Crippen LogP contribution in [0.4, 0.5) is 0 Å². The van der Waals surface area contributed by atoms with Crippen LogP contribution in [0.5, 0.6) is 0 Å². The van der Waals surface area contributed by atoms with Crippen molar-refractivity contribution in [1.29, 1.82) is 0 Å². The lowest BCUT2D eigenvalue weighted by Crippen LogP contribution is -2.52. The van der Waals surface area contributed by atoms with Crippen molar-refractivity contribution in [2.45, 2.75) is 65.5 Å². The number of amides is 1. The van der Waals surface area contributed by atoms with E-state index in [0.29, 0.717) is 6.42 Å². The van der Waals surface area contributed by atoms with Crippen LogP contribution in [0.1, 0.15) is 53.9 Å². The molecule has 0 aromatic heterocycles. The first kappa shape index (κ1) is 16.9. The van der Waals surface area contributed by atoms with Crippen molar-refractivity contribution >= 4 is 11.9 Å². The van der Waals surface area contributed by atoms with Crippen LogP contribution in [0, 0.1) is 5.41 Å². The van der Waals surface area contributed by atoms with Gasteiger partial charge in [0.1, 0.15) is 5.54 Å². The van der Waals surface area contributed by atoms with E-state index in [9.17, 15) is 9.59 Å². The van der Waals surface area contributed by atoms with Gasteiger partial charge >= 0.3 is 5.97 Å². The number of aliphatic carboxylic acids is 1. The molecule has 0 rings (SSSR count). The minimum atomic E-state index is -1.21. The summed E-state index contributed by atoms with van der Waals surface area (Å²) in [5.41, 5.74) is 4.74. The van der Waals surface area contributed by atoms with Gasteiger partial charge in [-0.05, 0) is 25.2 Å². The van der Waals surface area contributed by atoms with Crippen LogP contribution in [-0.2, 0) is 9.59 Å². The Bertz CT molecular complexity index is 310. The van der Waals surface area contributed by atoms with Gasteiger partial charge in [0.15, 0.2) is 0 Å². The third-order valence-electron chi connectivity index (χ3n) is 2.92. The molecule has 4 N–H and O–H groups in total. The molecule has 2 unspecified atom stereocenters. The predicted octanol–water partition coefficient (Wildman–Crippen LogP) is 1.51. The van der Waals surface area contributed by atoms with Crippen molar-refractivity contribution in [3.63, 3.8) is 0 Å². The van der Waals surface area contributed by atoms with Crippen LogP contribution in [0.2, 0.25) is 0 Å². The first-order valence-electron chi connectivity index (χ1n) is 6.30. The summed E-state index contributed by atoms with van der Waals surface area (Å²) >= 11 is 0. The van der Waals surface area contributed by atoms with Crippen LogP contribution in [-0.4, -0.2) is 28.6 Å². The zero-order valence-electron chi connectivity index (χ0n) is 12.0. The normalized spacial score (nSPS) is 16.8. The minimum Gasteiger partial charge on any atom is -0.480 e. The maximum atomic E-state index is 11.8. The molecule has 0 radical (unpaired) electrons. The van der Waals surface area contributed by atoms with Crippen molar-refractivity contribution < 1.29 is 14.7 Å². The summed E-state index contributed by atoms with van der Waals surface area (Å²) in [7, 11) is 0. The highest BCUT2D eigenvalue weighted by molar-refractivity contribution is 5.86. The lowest BCUT2D eigenvalue weighted by Gasteiger charge is -2.27. The molecule has 0 aliphatic carbocycles. The van der Waals surface area contributed by atoms with Gasteiger partial charge in [0.05, 0.1) is 0 Å². The van der Waals surface area contributed by atoms with Crippen LogP contribution >= 0.6 is 0 Å². The third-order valence-corrected chi connectivity index (χ3v) is 2.92. The summed E-state index contributed by atoms with van der Waals surface area (Å²) in [6, 6.07) is -0.250. The molecule has 2 atom stereocenters. The average Bonchev–Trinajstić information content (AvgIpc) is 2.13. The van der Waals surface area contributed by atoms with Gasteiger partial charge in [0.2, 0.25) is 5.91 Å². The summed E-state index contributed by atoms with van der Waals surface area (Å²) in [6.07, 6.45) is 1.21. The molecule has 5 nitrogen and oxygen atoms in total. The fourth-order valence-electron chi connectivity index (χ4n) is 1.75. The summed E-state index contributed by atoms with van der Waals surface area (Å²) < 4.78 is 0. The monoisotopic (exact) mass is 258 g/mol. The zero-order chi connectivity index (χ0) is 14.6. The number of nitrogens with two attached hydrogens (primary N) is 1. The van der Waals surface area contributed by atoms with Gasteiger partial charge in [0, 0.05) is 12.5 Å². The number of nitrogens with one attached hydrogen (secondary N) is 1. The topological polar surface area (TPSA) is 92.4 Å². The molecule has 18 heavy (non-hydrogen) atoms.